The Kier molecular flexibility index (Phi) is 5.21. The molecule has 3 N–H and O–H groups in total. The third kappa shape index (κ3) is 4.10. The maximum Gasteiger partial charge on any atom is 0.416 e. The Morgan fingerprint density at radius 3 is 2.41 bits per heavy atom. The second-order valence-corrected chi connectivity index (χ2v) is 2.98. The highest BCUT2D eigenvalue weighted by Crippen LogP contribution is 2.32. The quantitative estimate of drug-likeness (QED) is 0.798. The average Bonchev–Trinajstić information content (AvgIpc) is 2.13. The molecular formula is C9H9ClF4N2O. The average molecular weight is 273 g/mol. The van der Waals surface area contributed by atoms with Crippen molar-refractivity contribution >= 4 is 18.4 Å². The van der Waals surface area contributed by atoms with Gasteiger partial charge in [0.2, 0.25) is 0 Å². The molecule has 0 saturated heterocycles. The second kappa shape index (κ2) is 5.72. The number of primary amides is 1. The van der Waals surface area contributed by atoms with Crippen molar-refractivity contribution in [1.82, 2.24) is 5.32 Å². The molecule has 0 radical (unpaired) electrons. The van der Waals surface area contributed by atoms with Crippen LogP contribution < -0.4 is 11.1 Å². The molecule has 1 rings (SSSR count). The zero-order chi connectivity index (χ0) is 12.3. The molecule has 0 aliphatic heterocycles. The third-order valence-corrected chi connectivity index (χ3v) is 1.86. The molecule has 0 aliphatic carbocycles. The highest BCUT2D eigenvalue weighted by Gasteiger charge is 2.34. The second-order valence-electron chi connectivity index (χ2n) is 2.98. The molecule has 3 nitrogen and oxygen atoms in total. The first-order valence-corrected chi connectivity index (χ1v) is 4.20. The smallest absolute Gasteiger partial charge is 0.352 e. The van der Waals surface area contributed by atoms with E-state index in [1.165, 1.54) is 0 Å². The van der Waals surface area contributed by atoms with Crippen LogP contribution >= 0.6 is 12.4 Å². The lowest BCUT2D eigenvalue weighted by atomic mass is 10.1. The molecular weight excluding hydrogens is 264 g/mol. The maximum absolute atomic E-state index is 13.1. The van der Waals surface area contributed by atoms with E-state index in [9.17, 15) is 22.4 Å². The van der Waals surface area contributed by atoms with Crippen LogP contribution in [0.15, 0.2) is 18.2 Å². The minimum absolute atomic E-state index is 0. The van der Waals surface area contributed by atoms with Crippen molar-refractivity contribution in [3.63, 3.8) is 0 Å². The predicted molar refractivity (Wildman–Crippen MR) is 55.1 cm³/mol. The number of halogens is 5. The Balaban J connectivity index is 0.00000256. The van der Waals surface area contributed by atoms with E-state index in [1.807, 2.05) is 5.32 Å². The first-order chi connectivity index (χ1) is 7.32. The summed E-state index contributed by atoms with van der Waals surface area (Å²) in [5, 5.41) is 1.91. The maximum atomic E-state index is 13.1. The number of alkyl halides is 3. The van der Waals surface area contributed by atoms with E-state index in [4.69, 9.17) is 5.73 Å². The molecule has 1 aromatic carbocycles. The lowest BCUT2D eigenvalue weighted by molar-refractivity contribution is -0.138. The van der Waals surface area contributed by atoms with E-state index in [1.54, 1.807) is 0 Å². The SMILES string of the molecule is Cl.NC(=O)NCc1c(F)cccc1C(F)(F)F. The van der Waals surface area contributed by atoms with Gasteiger partial charge in [-0.1, -0.05) is 6.07 Å². The van der Waals surface area contributed by atoms with Gasteiger partial charge < -0.3 is 11.1 Å². The van der Waals surface area contributed by atoms with Gasteiger partial charge in [-0.25, -0.2) is 9.18 Å². The van der Waals surface area contributed by atoms with Crippen LogP contribution in [-0.4, -0.2) is 6.03 Å². The Morgan fingerprint density at radius 1 is 1.35 bits per heavy atom. The minimum Gasteiger partial charge on any atom is -0.352 e. The van der Waals surface area contributed by atoms with Crippen LogP contribution in [0.4, 0.5) is 22.4 Å². The molecule has 0 aliphatic rings. The Bertz CT molecular complexity index is 408. The molecule has 0 fully saturated rings. The van der Waals surface area contributed by atoms with Gasteiger partial charge in [0.25, 0.3) is 0 Å². The van der Waals surface area contributed by atoms with Gasteiger partial charge in [-0.15, -0.1) is 12.4 Å². The largest absolute Gasteiger partial charge is 0.416 e. The molecule has 17 heavy (non-hydrogen) atoms. The van der Waals surface area contributed by atoms with Crippen LogP contribution in [0.1, 0.15) is 11.1 Å². The number of nitrogens with two attached hydrogens (primary N) is 1. The topological polar surface area (TPSA) is 55.1 Å². The van der Waals surface area contributed by atoms with Gasteiger partial charge in [-0.2, -0.15) is 13.2 Å². The molecule has 0 spiro atoms. The van der Waals surface area contributed by atoms with Crippen LogP contribution in [0.3, 0.4) is 0 Å². The van der Waals surface area contributed by atoms with Crippen LogP contribution in [0.25, 0.3) is 0 Å². The van der Waals surface area contributed by atoms with E-state index in [0.29, 0.717) is 0 Å². The van der Waals surface area contributed by atoms with Crippen molar-refractivity contribution < 1.29 is 22.4 Å². The highest BCUT2D eigenvalue weighted by atomic mass is 35.5. The fraction of sp³-hybridized carbons (Fsp3) is 0.222. The summed E-state index contributed by atoms with van der Waals surface area (Å²) >= 11 is 0. The summed E-state index contributed by atoms with van der Waals surface area (Å²) in [6.45, 7) is -0.600. The molecule has 0 aromatic heterocycles. The molecule has 0 atom stereocenters. The fourth-order valence-corrected chi connectivity index (χ4v) is 1.18. The van der Waals surface area contributed by atoms with E-state index >= 15 is 0 Å². The van der Waals surface area contributed by atoms with Crippen molar-refractivity contribution in [3.05, 3.63) is 35.1 Å². The summed E-state index contributed by atoms with van der Waals surface area (Å²) in [7, 11) is 0. The first-order valence-electron chi connectivity index (χ1n) is 4.20. The molecule has 0 unspecified atom stereocenters. The van der Waals surface area contributed by atoms with Gasteiger partial charge in [0.05, 0.1) is 5.56 Å². The third-order valence-electron chi connectivity index (χ3n) is 1.86. The van der Waals surface area contributed by atoms with Gasteiger partial charge in [-0.05, 0) is 12.1 Å². The number of urea groups is 1. The van der Waals surface area contributed by atoms with Crippen molar-refractivity contribution in [2.24, 2.45) is 5.73 Å². The summed E-state index contributed by atoms with van der Waals surface area (Å²) in [5.74, 6) is -1.04. The van der Waals surface area contributed by atoms with E-state index in [-0.39, 0.29) is 12.4 Å². The summed E-state index contributed by atoms with van der Waals surface area (Å²) in [6.07, 6.45) is -4.67. The number of hydrogen-bond acceptors (Lipinski definition) is 1. The summed E-state index contributed by atoms with van der Waals surface area (Å²) in [5.41, 5.74) is 2.94. The number of carbonyl (C=O) groups is 1. The Morgan fingerprint density at radius 2 is 1.94 bits per heavy atom. The molecule has 96 valence electrons. The lowest BCUT2D eigenvalue weighted by Gasteiger charge is -2.13. The Labute approximate surface area is 100 Å². The Hall–Kier alpha value is -1.50. The predicted octanol–water partition coefficient (Wildman–Crippen LogP) is 2.43. The molecule has 2 amide bonds. The zero-order valence-corrected chi connectivity index (χ0v) is 9.16. The van der Waals surface area contributed by atoms with Gasteiger partial charge in [0, 0.05) is 12.1 Å². The van der Waals surface area contributed by atoms with Gasteiger partial charge in [0.15, 0.2) is 0 Å². The standard InChI is InChI=1S/C9H8F4N2O.ClH/c10-7-3-1-2-6(9(11,12)13)5(7)4-15-8(14)16;/h1-3H,4H2,(H3,14,15,16);1H. The normalized spacial score (nSPS) is 10.6. The number of amides is 2. The van der Waals surface area contributed by atoms with Crippen LogP contribution in [-0.2, 0) is 12.7 Å². The number of hydrogen-bond donors (Lipinski definition) is 2. The lowest BCUT2D eigenvalue weighted by Crippen LogP contribution is -2.30. The van der Waals surface area contributed by atoms with Crippen LogP contribution in [0.5, 0.6) is 0 Å². The van der Waals surface area contributed by atoms with Gasteiger partial charge >= 0.3 is 12.2 Å². The minimum atomic E-state index is -4.67. The number of carbonyl (C=O) groups excluding carboxylic acids is 1. The van der Waals surface area contributed by atoms with E-state index in [2.05, 4.69) is 0 Å². The number of benzene rings is 1. The zero-order valence-electron chi connectivity index (χ0n) is 8.34. The molecule has 8 heteroatoms. The van der Waals surface area contributed by atoms with Crippen molar-refractivity contribution in [2.75, 3.05) is 0 Å². The summed E-state index contributed by atoms with van der Waals surface area (Å²) < 4.78 is 50.5. The van der Waals surface area contributed by atoms with Gasteiger partial charge in [-0.3, -0.25) is 0 Å². The molecule has 1 aromatic rings. The van der Waals surface area contributed by atoms with Crippen LogP contribution in [0.2, 0.25) is 0 Å². The fourth-order valence-electron chi connectivity index (χ4n) is 1.18. The number of nitrogens with one attached hydrogen (secondary N) is 1. The van der Waals surface area contributed by atoms with Crippen molar-refractivity contribution in [2.45, 2.75) is 12.7 Å². The van der Waals surface area contributed by atoms with Crippen molar-refractivity contribution in [1.29, 1.82) is 0 Å². The van der Waals surface area contributed by atoms with Crippen molar-refractivity contribution in [3.8, 4) is 0 Å². The highest BCUT2D eigenvalue weighted by molar-refractivity contribution is 5.85. The summed E-state index contributed by atoms with van der Waals surface area (Å²) in [4.78, 5) is 10.4. The summed E-state index contributed by atoms with van der Waals surface area (Å²) in [6, 6.07) is 1.55. The first kappa shape index (κ1) is 15.5. The molecule has 0 saturated carbocycles. The van der Waals surface area contributed by atoms with E-state index < -0.39 is 35.7 Å². The monoisotopic (exact) mass is 272 g/mol. The van der Waals surface area contributed by atoms with Gasteiger partial charge in [0.1, 0.15) is 5.82 Å². The molecule has 0 heterocycles. The number of rotatable bonds is 2. The molecule has 0 bridgehead atoms. The van der Waals surface area contributed by atoms with E-state index in [0.717, 1.165) is 18.2 Å². The van der Waals surface area contributed by atoms with Crippen LogP contribution in [0, 0.1) is 5.82 Å².